The Balaban J connectivity index is 1.75. The van der Waals surface area contributed by atoms with E-state index in [0.29, 0.717) is 11.6 Å². The minimum atomic E-state index is -3.59. The van der Waals surface area contributed by atoms with Crippen LogP contribution in [0.25, 0.3) is 0 Å². The smallest absolute Gasteiger partial charge is 0.241 e. The largest absolute Gasteiger partial charge is 0.348 e. The van der Waals surface area contributed by atoms with Gasteiger partial charge in [-0.3, -0.25) is 9.10 Å². The molecule has 1 amide bonds. The van der Waals surface area contributed by atoms with Crippen molar-refractivity contribution in [3.05, 3.63) is 64.7 Å². The van der Waals surface area contributed by atoms with Gasteiger partial charge in [-0.25, -0.2) is 8.42 Å². The van der Waals surface area contributed by atoms with Crippen LogP contribution in [0.4, 0.5) is 5.69 Å². The number of nitrogens with zero attached hydrogens (tertiary/aromatic N) is 1. The van der Waals surface area contributed by atoms with Crippen molar-refractivity contribution in [2.75, 3.05) is 17.1 Å². The minimum Gasteiger partial charge on any atom is -0.348 e. The molecule has 5 nitrogen and oxygen atoms in total. The molecule has 0 radical (unpaired) electrons. The summed E-state index contributed by atoms with van der Waals surface area (Å²) in [5.74, 6) is 0.0499. The predicted molar refractivity (Wildman–Crippen MR) is 127 cm³/mol. The number of hydrogen-bond donors (Lipinski definition) is 1. The first kappa shape index (κ1) is 23.3. The molecule has 0 aromatic heterocycles. The summed E-state index contributed by atoms with van der Waals surface area (Å²) in [4.78, 5) is 12.9. The summed E-state index contributed by atoms with van der Waals surface area (Å²) in [7, 11) is -3.59. The standard InChI is InChI=1S/C25H34N2O3S/c1-5-24(22-11-10-20-8-6-7-9-21(20)16-22)26-25(28)17-27(31(4,29)30)23-14-12-19(13-15-23)18(2)3/h10-16,18,24H,5-9,17H2,1-4H3,(H,26,28). The van der Waals surface area contributed by atoms with E-state index in [9.17, 15) is 13.2 Å². The van der Waals surface area contributed by atoms with Crippen molar-refractivity contribution in [2.45, 2.75) is 64.8 Å². The van der Waals surface area contributed by atoms with Crippen LogP contribution in [0.1, 0.15) is 74.2 Å². The molecule has 0 heterocycles. The Morgan fingerprint density at radius 1 is 1.00 bits per heavy atom. The molecule has 1 unspecified atom stereocenters. The van der Waals surface area contributed by atoms with Crippen LogP contribution in [0.15, 0.2) is 42.5 Å². The molecular formula is C25H34N2O3S. The van der Waals surface area contributed by atoms with Gasteiger partial charge in [-0.15, -0.1) is 0 Å². The quantitative estimate of drug-likeness (QED) is 0.643. The van der Waals surface area contributed by atoms with E-state index in [4.69, 9.17) is 0 Å². The van der Waals surface area contributed by atoms with Crippen molar-refractivity contribution < 1.29 is 13.2 Å². The summed E-state index contributed by atoms with van der Waals surface area (Å²) in [6.45, 7) is 5.97. The zero-order chi connectivity index (χ0) is 22.6. The molecule has 6 heteroatoms. The van der Waals surface area contributed by atoms with Crippen LogP contribution in [-0.4, -0.2) is 27.1 Å². The number of aryl methyl sites for hydroxylation is 2. The number of nitrogens with one attached hydrogen (secondary N) is 1. The first-order valence-electron chi connectivity index (χ1n) is 11.2. The lowest BCUT2D eigenvalue weighted by atomic mass is 9.89. The Kier molecular flexibility index (Phi) is 7.42. The van der Waals surface area contributed by atoms with E-state index in [0.717, 1.165) is 36.6 Å². The van der Waals surface area contributed by atoms with Gasteiger partial charge >= 0.3 is 0 Å². The lowest BCUT2D eigenvalue weighted by Crippen LogP contribution is -2.41. The second-order valence-electron chi connectivity index (χ2n) is 8.78. The van der Waals surface area contributed by atoms with E-state index in [2.05, 4.69) is 37.4 Å². The average molecular weight is 443 g/mol. The molecule has 3 rings (SSSR count). The van der Waals surface area contributed by atoms with Crippen molar-refractivity contribution in [1.82, 2.24) is 5.32 Å². The molecule has 1 aliphatic carbocycles. The number of carbonyl (C=O) groups excluding carboxylic acids is 1. The van der Waals surface area contributed by atoms with Crippen LogP contribution in [-0.2, 0) is 27.7 Å². The van der Waals surface area contributed by atoms with Gasteiger partial charge in [0, 0.05) is 0 Å². The molecule has 0 saturated heterocycles. The first-order chi connectivity index (χ1) is 14.7. The van der Waals surface area contributed by atoms with Crippen LogP contribution < -0.4 is 9.62 Å². The van der Waals surface area contributed by atoms with Gasteiger partial charge in [0.05, 0.1) is 18.0 Å². The van der Waals surface area contributed by atoms with Crippen LogP contribution in [0.3, 0.4) is 0 Å². The van der Waals surface area contributed by atoms with Crippen LogP contribution in [0, 0.1) is 0 Å². The third kappa shape index (κ3) is 5.88. The number of anilines is 1. The number of sulfonamides is 1. The lowest BCUT2D eigenvalue weighted by Gasteiger charge is -2.25. The maximum Gasteiger partial charge on any atom is 0.241 e. The molecular weight excluding hydrogens is 408 g/mol. The second-order valence-corrected chi connectivity index (χ2v) is 10.7. The fourth-order valence-corrected chi connectivity index (χ4v) is 5.04. The Morgan fingerprint density at radius 2 is 1.61 bits per heavy atom. The number of benzene rings is 2. The Labute approximate surface area is 186 Å². The van der Waals surface area contributed by atoms with Crippen LogP contribution in [0.5, 0.6) is 0 Å². The Hall–Kier alpha value is -2.34. The van der Waals surface area contributed by atoms with Crippen LogP contribution >= 0.6 is 0 Å². The Morgan fingerprint density at radius 3 is 2.19 bits per heavy atom. The maximum absolute atomic E-state index is 12.9. The molecule has 0 fully saturated rings. The highest BCUT2D eigenvalue weighted by atomic mass is 32.2. The van der Waals surface area contributed by atoms with E-state index >= 15 is 0 Å². The van der Waals surface area contributed by atoms with Gasteiger partial charge in [-0.05, 0) is 72.4 Å². The third-order valence-corrected chi connectivity index (χ3v) is 7.19. The predicted octanol–water partition coefficient (Wildman–Crippen LogP) is 4.72. The van der Waals surface area contributed by atoms with Gasteiger partial charge in [0.15, 0.2) is 0 Å². The van der Waals surface area contributed by atoms with Gasteiger partial charge in [0.2, 0.25) is 15.9 Å². The SMILES string of the molecule is CCC(NC(=O)CN(c1ccc(C(C)C)cc1)S(C)(=O)=O)c1ccc2c(c1)CCCC2. The van der Waals surface area contributed by atoms with Gasteiger partial charge in [-0.1, -0.05) is 51.1 Å². The summed E-state index contributed by atoms with van der Waals surface area (Å²) in [5, 5.41) is 3.05. The zero-order valence-electron chi connectivity index (χ0n) is 19.0. The molecule has 1 atom stereocenters. The molecule has 2 aromatic rings. The van der Waals surface area contributed by atoms with Crippen molar-refractivity contribution in [2.24, 2.45) is 0 Å². The summed E-state index contributed by atoms with van der Waals surface area (Å²) >= 11 is 0. The second kappa shape index (κ2) is 9.86. The molecule has 0 saturated carbocycles. The topological polar surface area (TPSA) is 66.5 Å². The molecule has 0 aliphatic heterocycles. The molecule has 0 bridgehead atoms. The molecule has 168 valence electrons. The molecule has 0 spiro atoms. The van der Waals surface area contributed by atoms with E-state index in [1.165, 1.54) is 28.3 Å². The first-order valence-corrected chi connectivity index (χ1v) is 13.0. The Bertz CT molecular complexity index is 1010. The van der Waals surface area contributed by atoms with E-state index < -0.39 is 10.0 Å². The number of fused-ring (bicyclic) bond motifs is 1. The zero-order valence-corrected chi connectivity index (χ0v) is 19.8. The third-order valence-electron chi connectivity index (χ3n) is 6.05. The van der Waals surface area contributed by atoms with Crippen molar-refractivity contribution in [3.8, 4) is 0 Å². The molecule has 31 heavy (non-hydrogen) atoms. The number of rotatable bonds is 8. The summed E-state index contributed by atoms with van der Waals surface area (Å²) in [6.07, 6.45) is 6.53. The summed E-state index contributed by atoms with van der Waals surface area (Å²) in [5.41, 5.74) is 5.50. The summed E-state index contributed by atoms with van der Waals surface area (Å²) < 4.78 is 26.0. The highest BCUT2D eigenvalue weighted by Crippen LogP contribution is 2.26. The monoisotopic (exact) mass is 442 g/mol. The number of carbonyl (C=O) groups is 1. The van der Waals surface area contributed by atoms with E-state index in [-0.39, 0.29) is 18.5 Å². The maximum atomic E-state index is 12.9. The normalized spacial score (nSPS) is 14.7. The van der Waals surface area contributed by atoms with Crippen molar-refractivity contribution >= 4 is 21.6 Å². The fourth-order valence-electron chi connectivity index (χ4n) is 4.19. The van der Waals surface area contributed by atoms with E-state index in [1.807, 2.05) is 19.1 Å². The fraction of sp³-hybridized carbons (Fsp3) is 0.480. The van der Waals surface area contributed by atoms with Crippen LogP contribution in [0.2, 0.25) is 0 Å². The van der Waals surface area contributed by atoms with Gasteiger partial charge < -0.3 is 5.32 Å². The number of hydrogen-bond acceptors (Lipinski definition) is 3. The van der Waals surface area contributed by atoms with Gasteiger partial charge in [0.25, 0.3) is 0 Å². The molecule has 1 aliphatic rings. The molecule has 2 aromatic carbocycles. The molecule has 1 N–H and O–H groups in total. The number of amides is 1. The van der Waals surface area contributed by atoms with E-state index in [1.54, 1.807) is 12.1 Å². The van der Waals surface area contributed by atoms with Gasteiger partial charge in [-0.2, -0.15) is 0 Å². The minimum absolute atomic E-state index is 0.135. The highest BCUT2D eigenvalue weighted by Gasteiger charge is 2.23. The van der Waals surface area contributed by atoms with Crippen molar-refractivity contribution in [3.63, 3.8) is 0 Å². The highest BCUT2D eigenvalue weighted by molar-refractivity contribution is 7.92. The average Bonchev–Trinajstić information content (AvgIpc) is 2.74. The lowest BCUT2D eigenvalue weighted by molar-refractivity contribution is -0.120. The van der Waals surface area contributed by atoms with Gasteiger partial charge in [0.1, 0.15) is 6.54 Å². The summed E-state index contributed by atoms with van der Waals surface area (Å²) in [6, 6.07) is 13.7. The van der Waals surface area contributed by atoms with Crippen molar-refractivity contribution in [1.29, 1.82) is 0 Å².